The van der Waals surface area contributed by atoms with Gasteiger partial charge in [0.1, 0.15) is 12.1 Å². The van der Waals surface area contributed by atoms with E-state index >= 15 is 0 Å². The summed E-state index contributed by atoms with van der Waals surface area (Å²) in [6, 6.07) is 9.72. The van der Waals surface area contributed by atoms with Gasteiger partial charge >= 0.3 is 0 Å². The lowest BCUT2D eigenvalue weighted by Gasteiger charge is -2.18. The molecule has 4 rings (SSSR count). The quantitative estimate of drug-likeness (QED) is 0.449. The second-order valence-corrected chi connectivity index (χ2v) is 10.3. The zero-order chi connectivity index (χ0) is 22.7. The Morgan fingerprint density at radius 3 is 2.81 bits per heavy atom. The first-order valence-corrected chi connectivity index (χ1v) is 12.7. The number of carbonyl (C=O) groups is 1. The SMILES string of the molecule is O=C(CCCOc1ccc(Cl)cc1Cl)N1CCc2cc(S(=O)(=O)Nc3ncns3)ccc21. The first-order valence-electron chi connectivity index (χ1n) is 9.64. The molecular formula is C20H18Cl2N4O4S2. The average molecular weight is 513 g/mol. The monoisotopic (exact) mass is 512 g/mol. The lowest BCUT2D eigenvalue weighted by molar-refractivity contribution is -0.118. The van der Waals surface area contributed by atoms with Crippen molar-refractivity contribution >= 4 is 61.5 Å². The zero-order valence-corrected chi connectivity index (χ0v) is 19.8. The molecule has 1 aliphatic rings. The van der Waals surface area contributed by atoms with Gasteiger partial charge in [-0.05, 0) is 54.8 Å². The molecule has 0 unspecified atom stereocenters. The summed E-state index contributed by atoms with van der Waals surface area (Å²) in [5, 5.41) is 1.14. The van der Waals surface area contributed by atoms with Crippen LogP contribution in [0.15, 0.2) is 47.6 Å². The van der Waals surface area contributed by atoms with E-state index < -0.39 is 10.0 Å². The van der Waals surface area contributed by atoms with Gasteiger partial charge in [0.25, 0.3) is 10.0 Å². The van der Waals surface area contributed by atoms with Crippen molar-refractivity contribution in [2.45, 2.75) is 24.2 Å². The van der Waals surface area contributed by atoms with Crippen molar-refractivity contribution in [2.24, 2.45) is 0 Å². The van der Waals surface area contributed by atoms with Gasteiger partial charge in [-0.3, -0.25) is 9.52 Å². The third kappa shape index (κ3) is 5.15. The van der Waals surface area contributed by atoms with Crippen LogP contribution >= 0.6 is 34.7 Å². The molecule has 1 amide bonds. The maximum Gasteiger partial charge on any atom is 0.263 e. The summed E-state index contributed by atoms with van der Waals surface area (Å²) >= 11 is 12.9. The molecule has 2 aromatic carbocycles. The number of nitrogens with one attached hydrogen (secondary N) is 1. The predicted molar refractivity (Wildman–Crippen MR) is 124 cm³/mol. The normalized spacial score (nSPS) is 13.1. The van der Waals surface area contributed by atoms with Crippen LogP contribution in [0.2, 0.25) is 10.0 Å². The molecule has 1 aliphatic heterocycles. The predicted octanol–water partition coefficient (Wildman–Crippen LogP) is 4.39. The summed E-state index contributed by atoms with van der Waals surface area (Å²) in [6.07, 6.45) is 2.68. The molecule has 3 aromatic rings. The molecule has 1 N–H and O–H groups in total. The number of fused-ring (bicyclic) bond motifs is 1. The molecule has 168 valence electrons. The standard InChI is InChI=1S/C20H18Cl2N4O4S2/c21-14-3-6-18(16(22)11-14)30-9-1-2-19(27)26-8-7-13-10-15(4-5-17(13)26)32(28,29)25-20-23-12-24-31-20/h3-6,10-12H,1-2,7-9H2,(H,23,24,25). The minimum Gasteiger partial charge on any atom is -0.492 e. The third-order valence-corrected chi connectivity index (χ3v) is 7.40. The Kier molecular flexibility index (Phi) is 6.85. The van der Waals surface area contributed by atoms with Crippen molar-refractivity contribution in [2.75, 3.05) is 22.8 Å². The van der Waals surface area contributed by atoms with E-state index in [-0.39, 0.29) is 15.9 Å². The number of carbonyl (C=O) groups excluding carboxylic acids is 1. The maximum absolute atomic E-state index is 12.7. The van der Waals surface area contributed by atoms with E-state index in [9.17, 15) is 13.2 Å². The van der Waals surface area contributed by atoms with Crippen LogP contribution in [0.5, 0.6) is 5.75 Å². The first kappa shape index (κ1) is 22.8. The number of hydrogen-bond donors (Lipinski definition) is 1. The van der Waals surface area contributed by atoms with Crippen LogP contribution in [0.3, 0.4) is 0 Å². The smallest absolute Gasteiger partial charge is 0.263 e. The van der Waals surface area contributed by atoms with Crippen LogP contribution in [-0.2, 0) is 21.2 Å². The summed E-state index contributed by atoms with van der Waals surface area (Å²) in [5.74, 6) is 0.475. The number of sulfonamides is 1. The highest BCUT2D eigenvalue weighted by atomic mass is 35.5. The first-order chi connectivity index (χ1) is 15.3. The molecule has 0 atom stereocenters. The summed E-state index contributed by atoms with van der Waals surface area (Å²) in [4.78, 5) is 18.3. The molecule has 2 heterocycles. The Hall–Kier alpha value is -2.40. The number of benzene rings is 2. The van der Waals surface area contributed by atoms with E-state index in [4.69, 9.17) is 27.9 Å². The van der Waals surface area contributed by atoms with Crippen LogP contribution in [0.25, 0.3) is 0 Å². The van der Waals surface area contributed by atoms with Gasteiger partial charge in [-0.25, -0.2) is 13.4 Å². The van der Waals surface area contributed by atoms with E-state index in [0.717, 1.165) is 22.8 Å². The summed E-state index contributed by atoms with van der Waals surface area (Å²) < 4.78 is 36.9. The van der Waals surface area contributed by atoms with E-state index in [1.165, 1.54) is 12.4 Å². The largest absolute Gasteiger partial charge is 0.492 e. The van der Waals surface area contributed by atoms with Crippen LogP contribution in [0, 0.1) is 0 Å². The fourth-order valence-corrected chi connectivity index (χ4v) is 5.50. The molecular weight excluding hydrogens is 495 g/mol. The third-order valence-electron chi connectivity index (χ3n) is 4.83. The Bertz CT molecular complexity index is 1240. The number of halogens is 2. The Labute approximate surface area is 199 Å². The van der Waals surface area contributed by atoms with E-state index in [2.05, 4.69) is 14.1 Å². The molecule has 32 heavy (non-hydrogen) atoms. The van der Waals surface area contributed by atoms with Crippen molar-refractivity contribution in [3.8, 4) is 5.75 Å². The van der Waals surface area contributed by atoms with Crippen molar-refractivity contribution < 1.29 is 17.9 Å². The summed E-state index contributed by atoms with van der Waals surface area (Å²) in [6.45, 7) is 0.841. The Balaban J connectivity index is 1.35. The summed E-state index contributed by atoms with van der Waals surface area (Å²) in [7, 11) is -3.77. The second kappa shape index (κ2) is 9.62. The molecule has 0 radical (unpaired) electrons. The fraction of sp³-hybridized carbons (Fsp3) is 0.250. The van der Waals surface area contributed by atoms with E-state index in [1.54, 1.807) is 35.2 Å². The highest BCUT2D eigenvalue weighted by Crippen LogP contribution is 2.32. The zero-order valence-electron chi connectivity index (χ0n) is 16.6. The minimum absolute atomic E-state index is 0.0443. The Morgan fingerprint density at radius 2 is 2.06 bits per heavy atom. The molecule has 0 aliphatic carbocycles. The van der Waals surface area contributed by atoms with Crippen LogP contribution in [0.4, 0.5) is 10.8 Å². The highest BCUT2D eigenvalue weighted by Gasteiger charge is 2.26. The molecule has 8 nitrogen and oxygen atoms in total. The van der Waals surface area contributed by atoms with E-state index in [0.29, 0.717) is 48.2 Å². The molecule has 0 spiro atoms. The van der Waals surface area contributed by atoms with Gasteiger partial charge in [0, 0.05) is 35.2 Å². The number of nitrogens with zero attached hydrogens (tertiary/aromatic N) is 3. The number of hydrogen-bond acceptors (Lipinski definition) is 7. The maximum atomic E-state index is 12.7. The van der Waals surface area contributed by atoms with Crippen molar-refractivity contribution in [3.05, 3.63) is 58.3 Å². The van der Waals surface area contributed by atoms with Gasteiger partial charge < -0.3 is 9.64 Å². The van der Waals surface area contributed by atoms with Crippen molar-refractivity contribution in [3.63, 3.8) is 0 Å². The van der Waals surface area contributed by atoms with Crippen LogP contribution in [0.1, 0.15) is 18.4 Å². The van der Waals surface area contributed by atoms with Gasteiger partial charge in [-0.2, -0.15) is 4.37 Å². The number of aromatic nitrogens is 2. The molecule has 0 saturated heterocycles. The molecule has 0 bridgehead atoms. The van der Waals surface area contributed by atoms with Crippen molar-refractivity contribution in [1.82, 2.24) is 9.36 Å². The number of ether oxygens (including phenoxy) is 1. The van der Waals surface area contributed by atoms with Gasteiger partial charge in [0.2, 0.25) is 11.0 Å². The minimum atomic E-state index is -3.77. The molecule has 12 heteroatoms. The van der Waals surface area contributed by atoms with Crippen LogP contribution in [-0.4, -0.2) is 36.8 Å². The van der Waals surface area contributed by atoms with Crippen molar-refractivity contribution in [1.29, 1.82) is 0 Å². The number of amides is 1. The van der Waals surface area contributed by atoms with Gasteiger partial charge in [-0.1, -0.05) is 23.2 Å². The van der Waals surface area contributed by atoms with Gasteiger partial charge in [0.15, 0.2) is 0 Å². The van der Waals surface area contributed by atoms with Gasteiger partial charge in [0.05, 0.1) is 16.5 Å². The lowest BCUT2D eigenvalue weighted by Crippen LogP contribution is -2.29. The topological polar surface area (TPSA) is 101 Å². The number of anilines is 2. The number of rotatable bonds is 8. The fourth-order valence-electron chi connectivity index (χ4n) is 3.33. The lowest BCUT2D eigenvalue weighted by atomic mass is 10.2. The molecule has 1 aromatic heterocycles. The van der Waals surface area contributed by atoms with Crippen LogP contribution < -0.4 is 14.4 Å². The van der Waals surface area contributed by atoms with Gasteiger partial charge in [-0.15, -0.1) is 0 Å². The molecule has 0 fully saturated rings. The Morgan fingerprint density at radius 1 is 1.22 bits per heavy atom. The molecule has 0 saturated carbocycles. The van der Waals surface area contributed by atoms with E-state index in [1.807, 2.05) is 0 Å². The highest BCUT2D eigenvalue weighted by molar-refractivity contribution is 7.93. The average Bonchev–Trinajstić information content (AvgIpc) is 3.41. The summed E-state index contributed by atoms with van der Waals surface area (Å²) in [5.41, 5.74) is 1.54. The second-order valence-electron chi connectivity index (χ2n) is 6.96.